The van der Waals surface area contributed by atoms with E-state index in [2.05, 4.69) is 27.9 Å². The van der Waals surface area contributed by atoms with E-state index in [-0.39, 0.29) is 22.9 Å². The number of nitrogens with one attached hydrogen (secondary N) is 1. The zero-order valence-corrected chi connectivity index (χ0v) is 22.3. The number of thiocarbonyl (C=S) groups is 1. The van der Waals surface area contributed by atoms with Gasteiger partial charge in [-0.25, -0.2) is 4.79 Å². The smallest absolute Gasteiger partial charge is 0.335 e. The Kier molecular flexibility index (Phi) is 7.51. The first-order valence-corrected chi connectivity index (χ1v) is 12.4. The number of nitrogens with zero attached hydrogens (tertiary/aromatic N) is 1. The average molecular weight is 612 g/mol. The minimum absolute atomic E-state index is 0.0208. The van der Waals surface area contributed by atoms with E-state index in [0.717, 1.165) is 20.3 Å². The van der Waals surface area contributed by atoms with Crippen LogP contribution in [0.5, 0.6) is 5.75 Å². The average Bonchev–Trinajstić information content (AvgIpc) is 2.84. The summed E-state index contributed by atoms with van der Waals surface area (Å²) in [6.45, 7) is 4.11. The predicted molar refractivity (Wildman–Crippen MR) is 149 cm³/mol. The number of carboxylic acids is 1. The molecule has 1 aliphatic rings. The lowest BCUT2D eigenvalue weighted by Gasteiger charge is -2.30. The molecule has 0 aliphatic carbocycles. The first-order chi connectivity index (χ1) is 17.2. The predicted octanol–water partition coefficient (Wildman–Crippen LogP) is 5.02. The largest absolute Gasteiger partial charge is 0.488 e. The second kappa shape index (κ2) is 10.6. The molecule has 1 heterocycles. The molecule has 9 heteroatoms. The topological polar surface area (TPSA) is 95.9 Å². The first-order valence-electron chi connectivity index (χ1n) is 10.9. The SMILES string of the molecule is Cc1cccc(N2C(=O)/C(=C/c3ccc(OCc4ccc(C(=O)O)cc4)c(I)c3)C(=O)NC2=S)c1C. The summed E-state index contributed by atoms with van der Waals surface area (Å²) in [5.41, 5.74) is 4.21. The lowest BCUT2D eigenvalue weighted by atomic mass is 10.0. The van der Waals surface area contributed by atoms with E-state index in [1.165, 1.54) is 23.1 Å². The van der Waals surface area contributed by atoms with Crippen molar-refractivity contribution in [2.75, 3.05) is 4.90 Å². The monoisotopic (exact) mass is 612 g/mol. The number of amides is 2. The number of halogens is 1. The van der Waals surface area contributed by atoms with Crippen LogP contribution in [0.15, 0.2) is 66.2 Å². The van der Waals surface area contributed by atoms with Crippen molar-refractivity contribution in [2.24, 2.45) is 0 Å². The van der Waals surface area contributed by atoms with Gasteiger partial charge in [-0.1, -0.05) is 30.3 Å². The summed E-state index contributed by atoms with van der Waals surface area (Å²) < 4.78 is 6.66. The summed E-state index contributed by atoms with van der Waals surface area (Å²) in [7, 11) is 0. The lowest BCUT2D eigenvalue weighted by molar-refractivity contribution is -0.122. The number of hydrogen-bond donors (Lipinski definition) is 2. The third kappa shape index (κ3) is 5.31. The van der Waals surface area contributed by atoms with Gasteiger partial charge in [-0.15, -0.1) is 0 Å². The van der Waals surface area contributed by atoms with Gasteiger partial charge >= 0.3 is 5.97 Å². The van der Waals surface area contributed by atoms with Gasteiger partial charge in [0.25, 0.3) is 11.8 Å². The molecule has 182 valence electrons. The minimum Gasteiger partial charge on any atom is -0.488 e. The van der Waals surface area contributed by atoms with E-state index in [4.69, 9.17) is 22.1 Å². The second-order valence-electron chi connectivity index (χ2n) is 8.16. The molecule has 0 atom stereocenters. The van der Waals surface area contributed by atoms with E-state index in [1.807, 2.05) is 32.0 Å². The van der Waals surface area contributed by atoms with E-state index in [9.17, 15) is 14.4 Å². The van der Waals surface area contributed by atoms with Crippen LogP contribution in [0.2, 0.25) is 0 Å². The summed E-state index contributed by atoms with van der Waals surface area (Å²) in [6.07, 6.45) is 1.54. The van der Waals surface area contributed by atoms with Crippen molar-refractivity contribution in [3.8, 4) is 5.75 Å². The fraction of sp³-hybridized carbons (Fsp3) is 0.111. The van der Waals surface area contributed by atoms with Gasteiger partial charge in [0.15, 0.2) is 5.11 Å². The molecule has 0 aromatic heterocycles. The molecule has 7 nitrogen and oxygen atoms in total. The standard InChI is InChI=1S/C27H21IN2O5S/c1-15-4-3-5-22(16(15)2)30-25(32)20(24(31)29-27(30)36)12-18-8-11-23(21(28)13-18)35-14-17-6-9-19(10-7-17)26(33)34/h3-13H,14H2,1-2H3,(H,33,34)(H,29,31,36)/b20-12+. The van der Waals surface area contributed by atoms with Crippen molar-refractivity contribution >= 4 is 69.5 Å². The molecular weight excluding hydrogens is 591 g/mol. The van der Waals surface area contributed by atoms with E-state index >= 15 is 0 Å². The summed E-state index contributed by atoms with van der Waals surface area (Å²) in [6, 6.07) is 17.4. The number of aryl methyl sites for hydroxylation is 1. The molecule has 0 radical (unpaired) electrons. The van der Waals surface area contributed by atoms with Gasteiger partial charge in [-0.2, -0.15) is 0 Å². The third-order valence-corrected chi connectivity index (χ3v) is 6.91. The Morgan fingerprint density at radius 3 is 2.50 bits per heavy atom. The Morgan fingerprint density at radius 2 is 1.83 bits per heavy atom. The maximum absolute atomic E-state index is 13.3. The number of rotatable bonds is 6. The van der Waals surface area contributed by atoms with Gasteiger partial charge in [0.1, 0.15) is 17.9 Å². The molecule has 36 heavy (non-hydrogen) atoms. The number of hydrogen-bond acceptors (Lipinski definition) is 5. The maximum Gasteiger partial charge on any atom is 0.335 e. The zero-order valence-electron chi connectivity index (χ0n) is 19.4. The van der Waals surface area contributed by atoms with Crippen LogP contribution in [0.4, 0.5) is 5.69 Å². The van der Waals surface area contributed by atoms with Crippen LogP contribution < -0.4 is 15.0 Å². The molecule has 0 spiro atoms. The molecule has 2 N–H and O–H groups in total. The molecule has 4 rings (SSSR count). The Labute approximate surface area is 226 Å². The van der Waals surface area contributed by atoms with Crippen molar-refractivity contribution in [3.63, 3.8) is 0 Å². The number of aromatic carboxylic acids is 1. The maximum atomic E-state index is 13.3. The first kappa shape index (κ1) is 25.5. The van der Waals surface area contributed by atoms with Crippen molar-refractivity contribution in [3.05, 3.63) is 97.6 Å². The van der Waals surface area contributed by atoms with Crippen LogP contribution in [0.3, 0.4) is 0 Å². The number of carbonyl (C=O) groups excluding carboxylic acids is 2. The van der Waals surface area contributed by atoms with Gasteiger partial charge in [-0.3, -0.25) is 19.8 Å². The highest BCUT2D eigenvalue weighted by atomic mass is 127. The molecule has 1 aliphatic heterocycles. The quantitative estimate of drug-likeness (QED) is 0.176. The van der Waals surface area contributed by atoms with Crippen LogP contribution in [0.1, 0.15) is 32.6 Å². The normalized spacial score (nSPS) is 14.7. The Bertz CT molecular complexity index is 1430. The lowest BCUT2D eigenvalue weighted by Crippen LogP contribution is -2.54. The van der Waals surface area contributed by atoms with Gasteiger partial charge in [0, 0.05) is 0 Å². The van der Waals surface area contributed by atoms with Gasteiger partial charge in [0.2, 0.25) is 0 Å². The number of ether oxygens (including phenoxy) is 1. The molecule has 1 fully saturated rings. The number of anilines is 1. The van der Waals surface area contributed by atoms with Crippen LogP contribution in [0, 0.1) is 17.4 Å². The molecule has 2 amide bonds. The highest BCUT2D eigenvalue weighted by molar-refractivity contribution is 14.1. The fourth-order valence-corrected chi connectivity index (χ4v) is 4.62. The summed E-state index contributed by atoms with van der Waals surface area (Å²) in [5, 5.41) is 11.7. The highest BCUT2D eigenvalue weighted by Gasteiger charge is 2.35. The molecule has 0 bridgehead atoms. The van der Waals surface area contributed by atoms with Crippen molar-refractivity contribution in [2.45, 2.75) is 20.5 Å². The number of carbonyl (C=O) groups is 3. The van der Waals surface area contributed by atoms with Crippen LogP contribution in [0.25, 0.3) is 6.08 Å². The zero-order chi connectivity index (χ0) is 26.0. The van der Waals surface area contributed by atoms with Gasteiger partial charge in [0.05, 0.1) is 14.8 Å². The molecule has 0 unspecified atom stereocenters. The minimum atomic E-state index is -0.981. The van der Waals surface area contributed by atoms with Crippen LogP contribution in [-0.2, 0) is 16.2 Å². The molecule has 3 aromatic carbocycles. The van der Waals surface area contributed by atoms with Crippen molar-refractivity contribution in [1.82, 2.24) is 5.32 Å². The molecule has 0 saturated carbocycles. The fourth-order valence-electron chi connectivity index (χ4n) is 3.65. The summed E-state index contributed by atoms with van der Waals surface area (Å²) >= 11 is 7.43. The van der Waals surface area contributed by atoms with Crippen molar-refractivity contribution in [1.29, 1.82) is 0 Å². The van der Waals surface area contributed by atoms with Crippen molar-refractivity contribution < 1.29 is 24.2 Å². The van der Waals surface area contributed by atoms with E-state index in [1.54, 1.807) is 30.3 Å². The van der Waals surface area contributed by atoms with Crippen LogP contribution in [-0.4, -0.2) is 28.0 Å². The second-order valence-corrected chi connectivity index (χ2v) is 9.71. The van der Waals surface area contributed by atoms with Gasteiger partial charge in [-0.05, 0) is 107 Å². The molecule has 1 saturated heterocycles. The molecular formula is C27H21IN2O5S. The summed E-state index contributed by atoms with van der Waals surface area (Å²) in [5.74, 6) is -1.40. The van der Waals surface area contributed by atoms with Gasteiger partial charge < -0.3 is 9.84 Å². The summed E-state index contributed by atoms with van der Waals surface area (Å²) in [4.78, 5) is 38.3. The van der Waals surface area contributed by atoms with E-state index in [0.29, 0.717) is 17.0 Å². The number of benzene rings is 3. The van der Waals surface area contributed by atoms with Crippen LogP contribution >= 0.6 is 34.8 Å². The Hall–Kier alpha value is -3.57. The Balaban J connectivity index is 1.55. The highest BCUT2D eigenvalue weighted by Crippen LogP contribution is 2.28. The Morgan fingerprint density at radius 1 is 1.11 bits per heavy atom. The number of carboxylic acid groups (broad SMARTS) is 1. The third-order valence-electron chi connectivity index (χ3n) is 5.78. The van der Waals surface area contributed by atoms with E-state index < -0.39 is 17.8 Å². The molecule has 3 aromatic rings.